The Morgan fingerprint density at radius 1 is 0.450 bits per heavy atom. The Labute approximate surface area is 250 Å². The van der Waals surface area contributed by atoms with Crippen LogP contribution in [0.4, 0.5) is 0 Å². The Balaban J connectivity index is 3.87. The molecular formula is C36H70O4. The van der Waals surface area contributed by atoms with Gasteiger partial charge in [0.2, 0.25) is 0 Å². The van der Waals surface area contributed by atoms with Crippen molar-refractivity contribution in [3.63, 3.8) is 0 Å². The van der Waals surface area contributed by atoms with Crippen molar-refractivity contribution in [2.45, 2.75) is 219 Å². The highest BCUT2D eigenvalue weighted by molar-refractivity contribution is 5.69. The molecule has 0 saturated carbocycles. The monoisotopic (exact) mass is 567 g/mol. The largest absolute Gasteiger partial charge is 0.481 e. The summed E-state index contributed by atoms with van der Waals surface area (Å²) in [6.07, 6.45) is 36.8. The maximum absolute atomic E-state index is 12.5. The van der Waals surface area contributed by atoms with E-state index in [2.05, 4.69) is 13.8 Å². The minimum atomic E-state index is -0.739. The molecule has 0 bridgehead atoms. The Bertz CT molecular complexity index is 533. The van der Waals surface area contributed by atoms with Crippen LogP contribution in [0.1, 0.15) is 213 Å². The number of carboxylic acids is 1. The number of ether oxygens (including phenoxy) is 1. The van der Waals surface area contributed by atoms with Crippen LogP contribution >= 0.6 is 0 Å². The van der Waals surface area contributed by atoms with Gasteiger partial charge in [-0.2, -0.15) is 0 Å². The zero-order chi connectivity index (χ0) is 29.4. The number of carbonyl (C=O) groups is 2. The van der Waals surface area contributed by atoms with Crippen LogP contribution in [0, 0.1) is 0 Å². The van der Waals surface area contributed by atoms with Gasteiger partial charge in [-0.15, -0.1) is 0 Å². The third-order valence-electron chi connectivity index (χ3n) is 8.33. The van der Waals surface area contributed by atoms with Crippen molar-refractivity contribution in [3.05, 3.63) is 0 Å². The van der Waals surface area contributed by atoms with E-state index in [4.69, 9.17) is 9.84 Å². The standard InChI is InChI=1S/C36H70O4/c1-3-5-7-9-11-13-15-17-19-21-23-25-27-33-36(39)40-34(31-28-29-32-35(37)38)30-26-24-22-20-18-16-14-12-10-8-6-4-2/h34H,3-33H2,1-2H3,(H,37,38). The first-order chi connectivity index (χ1) is 19.6. The van der Waals surface area contributed by atoms with Crippen molar-refractivity contribution >= 4 is 11.9 Å². The van der Waals surface area contributed by atoms with Gasteiger partial charge in [0.05, 0.1) is 0 Å². The predicted molar refractivity (Wildman–Crippen MR) is 172 cm³/mol. The average Bonchev–Trinajstić information content (AvgIpc) is 2.93. The molecule has 40 heavy (non-hydrogen) atoms. The van der Waals surface area contributed by atoms with E-state index < -0.39 is 5.97 Å². The maximum Gasteiger partial charge on any atom is 0.306 e. The lowest BCUT2D eigenvalue weighted by Crippen LogP contribution is -2.18. The molecule has 4 nitrogen and oxygen atoms in total. The number of esters is 1. The van der Waals surface area contributed by atoms with E-state index in [0.717, 1.165) is 38.5 Å². The Hall–Kier alpha value is -1.06. The lowest BCUT2D eigenvalue weighted by Gasteiger charge is -2.18. The van der Waals surface area contributed by atoms with Gasteiger partial charge in [-0.3, -0.25) is 9.59 Å². The van der Waals surface area contributed by atoms with Gasteiger partial charge in [-0.05, 0) is 38.5 Å². The fourth-order valence-electron chi connectivity index (χ4n) is 5.66. The Kier molecular flexibility index (Phi) is 31.6. The molecule has 1 unspecified atom stereocenters. The fraction of sp³-hybridized carbons (Fsp3) is 0.944. The minimum absolute atomic E-state index is 0.0358. The molecule has 0 aromatic rings. The van der Waals surface area contributed by atoms with Crippen molar-refractivity contribution < 1.29 is 19.4 Å². The summed E-state index contributed by atoms with van der Waals surface area (Å²) in [6, 6.07) is 0. The highest BCUT2D eigenvalue weighted by Crippen LogP contribution is 2.18. The lowest BCUT2D eigenvalue weighted by molar-refractivity contribution is -0.150. The minimum Gasteiger partial charge on any atom is -0.481 e. The van der Waals surface area contributed by atoms with Crippen molar-refractivity contribution in [2.24, 2.45) is 0 Å². The summed E-state index contributed by atoms with van der Waals surface area (Å²) in [4.78, 5) is 23.3. The number of unbranched alkanes of at least 4 members (excludes halogenated alkanes) is 24. The number of aliphatic carboxylic acids is 1. The summed E-state index contributed by atoms with van der Waals surface area (Å²) in [5, 5.41) is 8.91. The zero-order valence-corrected chi connectivity index (χ0v) is 27.2. The molecule has 0 aromatic heterocycles. The van der Waals surface area contributed by atoms with Crippen molar-refractivity contribution in [1.82, 2.24) is 0 Å². The van der Waals surface area contributed by atoms with Crippen molar-refractivity contribution in [1.29, 1.82) is 0 Å². The number of hydrogen-bond donors (Lipinski definition) is 1. The van der Waals surface area contributed by atoms with Crippen LogP contribution < -0.4 is 0 Å². The topological polar surface area (TPSA) is 63.6 Å². The number of carbonyl (C=O) groups excluding carboxylic acids is 1. The molecule has 0 amide bonds. The molecule has 0 aliphatic rings. The summed E-state index contributed by atoms with van der Waals surface area (Å²) < 4.78 is 5.88. The van der Waals surface area contributed by atoms with E-state index >= 15 is 0 Å². The van der Waals surface area contributed by atoms with Gasteiger partial charge in [0.1, 0.15) is 6.10 Å². The van der Waals surface area contributed by atoms with Crippen LogP contribution in [-0.2, 0) is 14.3 Å². The first-order valence-electron chi connectivity index (χ1n) is 18.0. The van der Waals surface area contributed by atoms with Gasteiger partial charge in [0, 0.05) is 12.8 Å². The van der Waals surface area contributed by atoms with Crippen molar-refractivity contribution in [3.8, 4) is 0 Å². The van der Waals surface area contributed by atoms with Gasteiger partial charge in [-0.25, -0.2) is 0 Å². The highest BCUT2D eigenvalue weighted by Gasteiger charge is 2.14. The Morgan fingerprint density at radius 2 is 0.750 bits per heavy atom. The SMILES string of the molecule is CCCCCCCCCCCCCCCC(=O)OC(CCCCCCCCCCCCCC)CCCCC(=O)O. The second-order valence-corrected chi connectivity index (χ2v) is 12.4. The molecular weight excluding hydrogens is 496 g/mol. The first-order valence-corrected chi connectivity index (χ1v) is 18.0. The number of carboxylic acid groups (broad SMARTS) is 1. The molecule has 0 aliphatic carbocycles. The second-order valence-electron chi connectivity index (χ2n) is 12.4. The van der Waals surface area contributed by atoms with Gasteiger partial charge in [-0.1, -0.05) is 162 Å². The predicted octanol–water partition coefficient (Wildman–Crippen LogP) is 12.1. The molecule has 0 radical (unpaired) electrons. The van der Waals surface area contributed by atoms with Crippen LogP contribution in [-0.4, -0.2) is 23.1 Å². The van der Waals surface area contributed by atoms with E-state index in [1.54, 1.807) is 0 Å². The number of rotatable bonds is 33. The molecule has 0 rings (SSSR count). The first kappa shape index (κ1) is 38.9. The fourth-order valence-corrected chi connectivity index (χ4v) is 5.66. The van der Waals surface area contributed by atoms with Gasteiger partial charge < -0.3 is 9.84 Å². The molecule has 0 heterocycles. The zero-order valence-electron chi connectivity index (χ0n) is 27.2. The van der Waals surface area contributed by atoms with Crippen LogP contribution in [0.5, 0.6) is 0 Å². The molecule has 1 N–H and O–H groups in total. The van der Waals surface area contributed by atoms with Crippen LogP contribution in [0.25, 0.3) is 0 Å². The normalized spacial score (nSPS) is 12.1. The van der Waals surface area contributed by atoms with E-state index in [0.29, 0.717) is 12.8 Å². The molecule has 0 aliphatic heterocycles. The molecule has 238 valence electrons. The van der Waals surface area contributed by atoms with E-state index in [-0.39, 0.29) is 18.5 Å². The summed E-state index contributed by atoms with van der Waals surface area (Å²) in [5.41, 5.74) is 0. The van der Waals surface area contributed by atoms with Crippen LogP contribution in [0.3, 0.4) is 0 Å². The smallest absolute Gasteiger partial charge is 0.306 e. The van der Waals surface area contributed by atoms with E-state index in [9.17, 15) is 9.59 Å². The summed E-state index contributed by atoms with van der Waals surface area (Å²) in [5.74, 6) is -0.790. The van der Waals surface area contributed by atoms with Crippen LogP contribution in [0.2, 0.25) is 0 Å². The second kappa shape index (κ2) is 32.5. The summed E-state index contributed by atoms with van der Waals surface area (Å²) in [7, 11) is 0. The number of hydrogen-bond acceptors (Lipinski definition) is 3. The van der Waals surface area contributed by atoms with Crippen LogP contribution in [0.15, 0.2) is 0 Å². The molecule has 0 spiro atoms. The van der Waals surface area contributed by atoms with E-state index in [1.807, 2.05) is 0 Å². The highest BCUT2D eigenvalue weighted by atomic mass is 16.5. The molecule has 0 saturated heterocycles. The molecule has 4 heteroatoms. The molecule has 0 fully saturated rings. The van der Waals surface area contributed by atoms with Gasteiger partial charge >= 0.3 is 11.9 Å². The quantitative estimate of drug-likeness (QED) is 0.0633. The van der Waals surface area contributed by atoms with Gasteiger partial charge in [0.25, 0.3) is 0 Å². The third kappa shape index (κ3) is 31.5. The molecule has 1 atom stereocenters. The molecule has 0 aromatic carbocycles. The maximum atomic E-state index is 12.5. The average molecular weight is 567 g/mol. The summed E-state index contributed by atoms with van der Waals surface area (Å²) in [6.45, 7) is 4.54. The summed E-state index contributed by atoms with van der Waals surface area (Å²) >= 11 is 0. The Morgan fingerprint density at radius 3 is 1.12 bits per heavy atom. The lowest BCUT2D eigenvalue weighted by atomic mass is 10.0. The van der Waals surface area contributed by atoms with Gasteiger partial charge in [0.15, 0.2) is 0 Å². The van der Waals surface area contributed by atoms with Crippen molar-refractivity contribution in [2.75, 3.05) is 0 Å². The third-order valence-corrected chi connectivity index (χ3v) is 8.33. The van der Waals surface area contributed by atoms with E-state index in [1.165, 1.54) is 141 Å².